The van der Waals surface area contributed by atoms with Gasteiger partial charge in [-0.2, -0.15) is 0 Å². The number of hydrogen-bond acceptors (Lipinski definition) is 4. The topological polar surface area (TPSA) is 76.4 Å². The molecule has 1 rings (SSSR count). The third-order valence-electron chi connectivity index (χ3n) is 2.34. The van der Waals surface area contributed by atoms with Crippen LogP contribution < -0.4 is 21.1 Å². The van der Waals surface area contributed by atoms with Crippen LogP contribution >= 0.6 is 0 Å². The number of hydrogen-bond donors (Lipinski definition) is 3. The van der Waals surface area contributed by atoms with E-state index in [0.29, 0.717) is 11.4 Å². The lowest BCUT2D eigenvalue weighted by atomic mass is 10.1. The molecule has 0 radical (unpaired) electrons. The first-order valence-corrected chi connectivity index (χ1v) is 6.78. The first kappa shape index (κ1) is 16.1. The quantitative estimate of drug-likeness (QED) is 0.723. The van der Waals surface area contributed by atoms with Gasteiger partial charge in [-0.3, -0.25) is 4.79 Å². The number of nitrogens with two attached hydrogens (primary N) is 1. The van der Waals surface area contributed by atoms with Crippen molar-refractivity contribution in [2.75, 3.05) is 17.6 Å². The number of benzene rings is 1. The lowest BCUT2D eigenvalue weighted by Gasteiger charge is -2.21. The van der Waals surface area contributed by atoms with E-state index >= 15 is 0 Å². The molecule has 0 unspecified atom stereocenters. The molecule has 0 aliphatic rings. The zero-order valence-electron chi connectivity index (χ0n) is 12.9. The fourth-order valence-electron chi connectivity index (χ4n) is 1.65. The van der Waals surface area contributed by atoms with E-state index in [9.17, 15) is 4.79 Å². The summed E-state index contributed by atoms with van der Waals surface area (Å²) in [6, 6.07) is 5.40. The highest BCUT2D eigenvalue weighted by atomic mass is 16.5. The molecule has 0 aliphatic heterocycles. The van der Waals surface area contributed by atoms with Crippen LogP contribution in [0.4, 0.5) is 11.4 Å². The van der Waals surface area contributed by atoms with Gasteiger partial charge in [0.1, 0.15) is 5.75 Å². The minimum Gasteiger partial charge on any atom is -0.489 e. The molecule has 0 atom stereocenters. The molecule has 0 aromatic heterocycles. The standard InChI is InChI=1S/C15H25N3O2/c1-10(2)20-13-8-11(6-7-12(13)16)17-9-14(19)18-15(3,4)5/h6-8,10,17H,9,16H2,1-5H3,(H,18,19). The molecular weight excluding hydrogens is 254 g/mol. The molecule has 4 N–H and O–H groups in total. The monoisotopic (exact) mass is 279 g/mol. The van der Waals surface area contributed by atoms with Gasteiger partial charge in [-0.1, -0.05) is 0 Å². The van der Waals surface area contributed by atoms with Crippen molar-refractivity contribution >= 4 is 17.3 Å². The Hall–Kier alpha value is -1.91. The van der Waals surface area contributed by atoms with Gasteiger partial charge in [0, 0.05) is 17.3 Å². The van der Waals surface area contributed by atoms with Gasteiger partial charge >= 0.3 is 0 Å². The van der Waals surface area contributed by atoms with Crippen molar-refractivity contribution in [3.8, 4) is 5.75 Å². The molecule has 20 heavy (non-hydrogen) atoms. The van der Waals surface area contributed by atoms with Crippen LogP contribution in [0.2, 0.25) is 0 Å². The van der Waals surface area contributed by atoms with Crippen LogP contribution in [0.15, 0.2) is 18.2 Å². The summed E-state index contributed by atoms with van der Waals surface area (Å²) < 4.78 is 5.61. The second-order valence-corrected chi connectivity index (χ2v) is 6.07. The zero-order chi connectivity index (χ0) is 15.3. The summed E-state index contributed by atoms with van der Waals surface area (Å²) in [5, 5.41) is 5.95. The summed E-state index contributed by atoms with van der Waals surface area (Å²) in [5.74, 6) is 0.571. The molecule has 0 saturated heterocycles. The van der Waals surface area contributed by atoms with Crippen molar-refractivity contribution in [3.63, 3.8) is 0 Å². The van der Waals surface area contributed by atoms with E-state index in [1.54, 1.807) is 12.1 Å². The highest BCUT2D eigenvalue weighted by Gasteiger charge is 2.13. The Morgan fingerprint density at radius 3 is 2.55 bits per heavy atom. The molecule has 5 nitrogen and oxygen atoms in total. The van der Waals surface area contributed by atoms with Gasteiger partial charge in [0.2, 0.25) is 5.91 Å². The fraction of sp³-hybridized carbons (Fsp3) is 0.533. The van der Waals surface area contributed by atoms with Crippen LogP contribution in [-0.2, 0) is 4.79 Å². The van der Waals surface area contributed by atoms with Gasteiger partial charge in [0.25, 0.3) is 0 Å². The number of carbonyl (C=O) groups is 1. The SMILES string of the molecule is CC(C)Oc1cc(NCC(=O)NC(C)(C)C)ccc1N. The fourth-order valence-corrected chi connectivity index (χ4v) is 1.65. The average molecular weight is 279 g/mol. The molecule has 0 bridgehead atoms. The zero-order valence-corrected chi connectivity index (χ0v) is 12.9. The Bertz CT molecular complexity index is 465. The summed E-state index contributed by atoms with van der Waals surface area (Å²) in [5.41, 5.74) is 7.01. The Morgan fingerprint density at radius 1 is 1.35 bits per heavy atom. The minimum absolute atomic E-state index is 0.0525. The Labute approximate surface area is 120 Å². The third kappa shape index (κ3) is 5.82. The van der Waals surface area contributed by atoms with Crippen LogP contribution in [0.5, 0.6) is 5.75 Å². The maximum absolute atomic E-state index is 11.7. The first-order valence-electron chi connectivity index (χ1n) is 6.78. The number of nitrogens with one attached hydrogen (secondary N) is 2. The van der Waals surface area contributed by atoms with Gasteiger partial charge < -0.3 is 21.1 Å². The van der Waals surface area contributed by atoms with Crippen molar-refractivity contribution in [1.29, 1.82) is 0 Å². The summed E-state index contributed by atoms with van der Waals surface area (Å²) in [4.78, 5) is 11.7. The van der Waals surface area contributed by atoms with E-state index < -0.39 is 0 Å². The molecule has 0 heterocycles. The predicted molar refractivity (Wildman–Crippen MR) is 83.0 cm³/mol. The molecule has 1 aromatic carbocycles. The van der Waals surface area contributed by atoms with Crippen LogP contribution in [0.3, 0.4) is 0 Å². The highest BCUT2D eigenvalue weighted by Crippen LogP contribution is 2.26. The average Bonchev–Trinajstić information content (AvgIpc) is 2.27. The summed E-state index contributed by atoms with van der Waals surface area (Å²) in [6.45, 7) is 9.93. The summed E-state index contributed by atoms with van der Waals surface area (Å²) >= 11 is 0. The van der Waals surface area contributed by atoms with Crippen molar-refractivity contribution in [3.05, 3.63) is 18.2 Å². The number of anilines is 2. The number of amides is 1. The Morgan fingerprint density at radius 2 is 2.00 bits per heavy atom. The number of nitrogen functional groups attached to an aromatic ring is 1. The maximum Gasteiger partial charge on any atom is 0.239 e. The normalized spacial score (nSPS) is 11.3. The molecule has 0 fully saturated rings. The van der Waals surface area contributed by atoms with E-state index in [-0.39, 0.29) is 24.1 Å². The second-order valence-electron chi connectivity index (χ2n) is 6.07. The van der Waals surface area contributed by atoms with Gasteiger partial charge in [-0.05, 0) is 46.8 Å². The van der Waals surface area contributed by atoms with Crippen LogP contribution in [0, 0.1) is 0 Å². The largest absolute Gasteiger partial charge is 0.489 e. The van der Waals surface area contributed by atoms with Crippen molar-refractivity contribution in [1.82, 2.24) is 5.32 Å². The second kappa shape index (κ2) is 6.50. The first-order chi connectivity index (χ1) is 9.17. The molecule has 0 aliphatic carbocycles. The lowest BCUT2D eigenvalue weighted by molar-refractivity contribution is -0.120. The van der Waals surface area contributed by atoms with Gasteiger partial charge in [0.15, 0.2) is 0 Å². The summed E-state index contributed by atoms with van der Waals surface area (Å²) in [7, 11) is 0. The van der Waals surface area contributed by atoms with E-state index in [0.717, 1.165) is 5.69 Å². The molecular formula is C15H25N3O2. The smallest absolute Gasteiger partial charge is 0.239 e. The Balaban J connectivity index is 2.62. The molecule has 1 aromatic rings. The molecule has 1 amide bonds. The van der Waals surface area contributed by atoms with Crippen molar-refractivity contribution in [2.24, 2.45) is 0 Å². The van der Waals surface area contributed by atoms with Gasteiger partial charge in [0.05, 0.1) is 18.3 Å². The van der Waals surface area contributed by atoms with E-state index in [2.05, 4.69) is 10.6 Å². The van der Waals surface area contributed by atoms with Gasteiger partial charge in [-0.25, -0.2) is 0 Å². The molecule has 0 spiro atoms. The highest BCUT2D eigenvalue weighted by molar-refractivity contribution is 5.81. The van der Waals surface area contributed by atoms with E-state index in [1.165, 1.54) is 0 Å². The van der Waals surface area contributed by atoms with Crippen LogP contribution in [0.25, 0.3) is 0 Å². The van der Waals surface area contributed by atoms with E-state index in [4.69, 9.17) is 10.5 Å². The lowest BCUT2D eigenvalue weighted by Crippen LogP contribution is -2.43. The minimum atomic E-state index is -0.230. The maximum atomic E-state index is 11.7. The third-order valence-corrected chi connectivity index (χ3v) is 2.34. The van der Waals surface area contributed by atoms with Crippen molar-refractivity contribution < 1.29 is 9.53 Å². The molecule has 112 valence electrons. The van der Waals surface area contributed by atoms with Gasteiger partial charge in [-0.15, -0.1) is 0 Å². The number of carbonyl (C=O) groups excluding carboxylic acids is 1. The van der Waals surface area contributed by atoms with Crippen LogP contribution in [0.1, 0.15) is 34.6 Å². The molecule has 0 saturated carbocycles. The molecule has 5 heteroatoms. The van der Waals surface area contributed by atoms with E-state index in [1.807, 2.05) is 40.7 Å². The predicted octanol–water partition coefficient (Wildman–Crippen LogP) is 2.38. The Kier molecular flexibility index (Phi) is 5.25. The summed E-state index contributed by atoms with van der Waals surface area (Å²) in [6.07, 6.45) is 0.0525. The number of ether oxygens (including phenoxy) is 1. The number of rotatable bonds is 5. The van der Waals surface area contributed by atoms with Crippen LogP contribution in [-0.4, -0.2) is 24.1 Å². The van der Waals surface area contributed by atoms with Crippen molar-refractivity contribution in [2.45, 2.75) is 46.3 Å².